The van der Waals surface area contributed by atoms with Gasteiger partial charge in [0.2, 0.25) is 10.0 Å². The van der Waals surface area contributed by atoms with Crippen LogP contribution in [0.4, 0.5) is 0 Å². The molecule has 0 aliphatic heterocycles. The molecule has 0 saturated heterocycles. The van der Waals surface area contributed by atoms with E-state index >= 15 is 0 Å². The summed E-state index contributed by atoms with van der Waals surface area (Å²) in [6.45, 7) is 5.70. The predicted molar refractivity (Wildman–Crippen MR) is 98.8 cm³/mol. The molecule has 0 spiro atoms. The van der Waals surface area contributed by atoms with Crippen LogP contribution in [-0.4, -0.2) is 40.6 Å². The van der Waals surface area contributed by atoms with Crippen molar-refractivity contribution in [1.82, 2.24) is 10.0 Å². The highest BCUT2D eigenvalue weighted by Crippen LogP contribution is 2.28. The van der Waals surface area contributed by atoms with Crippen LogP contribution in [0.1, 0.15) is 23.5 Å². The second-order valence-corrected chi connectivity index (χ2v) is 7.63. The Morgan fingerprint density at radius 1 is 1.21 bits per heavy atom. The third-order valence-corrected chi connectivity index (χ3v) is 5.67. The van der Waals surface area contributed by atoms with Crippen LogP contribution >= 0.6 is 23.7 Å². The summed E-state index contributed by atoms with van der Waals surface area (Å²) >= 11 is 1.29. The lowest BCUT2D eigenvalue weighted by Gasteiger charge is -2.07. The molecule has 1 aromatic heterocycles. The molecule has 0 saturated carbocycles. The van der Waals surface area contributed by atoms with Crippen LogP contribution in [0.25, 0.3) is 10.1 Å². The summed E-state index contributed by atoms with van der Waals surface area (Å²) in [7, 11) is -3.55. The second-order valence-electron chi connectivity index (χ2n) is 4.78. The molecule has 0 atom stereocenters. The van der Waals surface area contributed by atoms with Gasteiger partial charge in [-0.3, -0.25) is 0 Å². The Bertz CT molecular complexity index is 790. The van der Waals surface area contributed by atoms with Crippen LogP contribution in [0, 0.1) is 0 Å². The number of nitrogens with one attached hydrogen (secondary N) is 2. The normalized spacial score (nSPS) is 11.2. The topological polar surface area (TPSA) is 84.5 Å². The van der Waals surface area contributed by atoms with Gasteiger partial charge in [-0.2, -0.15) is 0 Å². The Hall–Kier alpha value is -1.19. The minimum absolute atomic E-state index is 0. The average molecular weight is 393 g/mol. The first kappa shape index (κ1) is 20.9. The number of fused-ring (bicyclic) bond motifs is 1. The highest BCUT2D eigenvalue weighted by Gasteiger charge is 2.16. The number of rotatable bonds is 8. The van der Waals surface area contributed by atoms with Crippen molar-refractivity contribution >= 4 is 49.8 Å². The molecule has 0 radical (unpaired) electrons. The van der Waals surface area contributed by atoms with E-state index in [0.29, 0.717) is 30.0 Å². The van der Waals surface area contributed by atoms with Crippen LogP contribution in [0.5, 0.6) is 0 Å². The highest BCUT2D eigenvalue weighted by atomic mass is 35.5. The average Bonchev–Trinajstić information content (AvgIpc) is 2.95. The number of benzene rings is 1. The van der Waals surface area contributed by atoms with Crippen molar-refractivity contribution < 1.29 is 17.9 Å². The molecule has 0 aliphatic rings. The summed E-state index contributed by atoms with van der Waals surface area (Å²) in [4.78, 5) is 12.4. The number of esters is 1. The van der Waals surface area contributed by atoms with E-state index in [2.05, 4.69) is 10.0 Å². The summed E-state index contributed by atoms with van der Waals surface area (Å²) in [5.41, 5.74) is 0. The number of hydrogen-bond acceptors (Lipinski definition) is 6. The Labute approximate surface area is 152 Å². The van der Waals surface area contributed by atoms with E-state index < -0.39 is 10.0 Å². The molecule has 24 heavy (non-hydrogen) atoms. The molecule has 0 fully saturated rings. The Morgan fingerprint density at radius 3 is 2.62 bits per heavy atom. The number of sulfonamides is 1. The number of thiophene rings is 1. The van der Waals surface area contributed by atoms with Crippen LogP contribution < -0.4 is 10.0 Å². The van der Waals surface area contributed by atoms with Gasteiger partial charge in [-0.15, -0.1) is 23.7 Å². The van der Waals surface area contributed by atoms with Gasteiger partial charge < -0.3 is 10.1 Å². The first-order valence-corrected chi connectivity index (χ1v) is 9.69. The van der Waals surface area contributed by atoms with Crippen molar-refractivity contribution in [1.29, 1.82) is 0 Å². The Balaban J connectivity index is 0.00000288. The van der Waals surface area contributed by atoms with E-state index in [1.165, 1.54) is 11.3 Å². The van der Waals surface area contributed by atoms with E-state index in [0.717, 1.165) is 11.2 Å². The molecule has 1 aromatic carbocycles. The molecule has 134 valence electrons. The molecular weight excluding hydrogens is 372 g/mol. The fourth-order valence-corrected chi connectivity index (χ4v) is 4.03. The fourth-order valence-electron chi connectivity index (χ4n) is 2.03. The molecule has 0 amide bonds. The molecule has 2 aromatic rings. The van der Waals surface area contributed by atoms with E-state index in [1.54, 1.807) is 31.2 Å². The van der Waals surface area contributed by atoms with E-state index in [1.807, 2.05) is 6.92 Å². The van der Waals surface area contributed by atoms with Crippen molar-refractivity contribution in [2.45, 2.75) is 18.7 Å². The SMILES string of the molecule is CCNCCNS(=O)(=O)c1ccc2sc(C(=O)OCC)cc2c1.Cl. The van der Waals surface area contributed by atoms with Gasteiger partial charge in [-0.1, -0.05) is 6.92 Å². The molecular formula is C15H21ClN2O4S2. The summed E-state index contributed by atoms with van der Waals surface area (Å²) in [5.74, 6) is -0.387. The molecule has 1 heterocycles. The van der Waals surface area contributed by atoms with Crippen LogP contribution in [0.2, 0.25) is 0 Å². The first-order valence-electron chi connectivity index (χ1n) is 7.39. The van der Waals surface area contributed by atoms with E-state index in [-0.39, 0.29) is 23.3 Å². The molecule has 2 N–H and O–H groups in total. The van der Waals surface area contributed by atoms with Crippen LogP contribution in [-0.2, 0) is 14.8 Å². The third-order valence-electron chi connectivity index (χ3n) is 3.12. The number of carbonyl (C=O) groups excluding carboxylic acids is 1. The zero-order valence-corrected chi connectivity index (χ0v) is 15.9. The summed E-state index contributed by atoms with van der Waals surface area (Å²) in [5, 5.41) is 3.77. The standard InChI is InChI=1S/C15H20N2O4S2.ClH/c1-3-16-7-8-17-23(19,20)12-5-6-13-11(9-12)10-14(22-13)15(18)21-4-2;/h5-6,9-10,16-17H,3-4,7-8H2,1-2H3;1H. The maximum absolute atomic E-state index is 12.3. The van der Waals surface area contributed by atoms with Crippen LogP contribution in [0.15, 0.2) is 29.2 Å². The zero-order valence-electron chi connectivity index (χ0n) is 13.5. The first-order chi connectivity index (χ1) is 11.0. The van der Waals surface area contributed by atoms with Gasteiger partial charge in [0, 0.05) is 17.8 Å². The highest BCUT2D eigenvalue weighted by molar-refractivity contribution is 7.89. The van der Waals surface area contributed by atoms with Crippen molar-refractivity contribution in [2.24, 2.45) is 0 Å². The minimum Gasteiger partial charge on any atom is -0.462 e. The number of likely N-dealkylation sites (N-methyl/N-ethyl adjacent to an activating group) is 1. The Kier molecular flexibility index (Phi) is 8.11. The van der Waals surface area contributed by atoms with Gasteiger partial charge in [-0.05, 0) is 43.1 Å². The number of ether oxygens (including phenoxy) is 1. The number of hydrogen-bond donors (Lipinski definition) is 2. The Morgan fingerprint density at radius 2 is 1.96 bits per heavy atom. The van der Waals surface area contributed by atoms with Crippen molar-refractivity contribution in [3.05, 3.63) is 29.1 Å². The lowest BCUT2D eigenvalue weighted by atomic mass is 10.2. The van der Waals surface area contributed by atoms with Gasteiger partial charge in [0.05, 0.1) is 11.5 Å². The largest absolute Gasteiger partial charge is 0.462 e. The smallest absolute Gasteiger partial charge is 0.348 e. The van der Waals surface area contributed by atoms with Gasteiger partial charge in [0.1, 0.15) is 4.88 Å². The summed E-state index contributed by atoms with van der Waals surface area (Å²) in [6, 6.07) is 6.49. The van der Waals surface area contributed by atoms with Crippen molar-refractivity contribution in [3.8, 4) is 0 Å². The number of halogens is 1. The molecule has 0 aliphatic carbocycles. The maximum Gasteiger partial charge on any atom is 0.348 e. The molecule has 9 heteroatoms. The van der Waals surface area contributed by atoms with Gasteiger partial charge in [0.15, 0.2) is 0 Å². The molecule has 6 nitrogen and oxygen atoms in total. The maximum atomic E-state index is 12.3. The van der Waals surface area contributed by atoms with Crippen LogP contribution in [0.3, 0.4) is 0 Å². The lowest BCUT2D eigenvalue weighted by Crippen LogP contribution is -2.31. The number of carbonyl (C=O) groups is 1. The van der Waals surface area contributed by atoms with Crippen molar-refractivity contribution in [2.75, 3.05) is 26.2 Å². The quantitative estimate of drug-likeness (QED) is 0.532. The zero-order chi connectivity index (χ0) is 16.9. The lowest BCUT2D eigenvalue weighted by molar-refractivity contribution is 0.0532. The van der Waals surface area contributed by atoms with Gasteiger partial charge in [0.25, 0.3) is 0 Å². The predicted octanol–water partition coefficient (Wildman–Crippen LogP) is 2.39. The fraction of sp³-hybridized carbons (Fsp3) is 0.400. The third kappa shape index (κ3) is 5.15. The van der Waals surface area contributed by atoms with E-state index in [9.17, 15) is 13.2 Å². The summed E-state index contributed by atoms with van der Waals surface area (Å²) in [6.07, 6.45) is 0. The second kappa shape index (κ2) is 9.33. The molecule has 0 bridgehead atoms. The van der Waals surface area contributed by atoms with E-state index in [4.69, 9.17) is 4.74 Å². The molecule has 0 unspecified atom stereocenters. The van der Waals surface area contributed by atoms with Gasteiger partial charge in [-0.25, -0.2) is 17.9 Å². The van der Waals surface area contributed by atoms with Gasteiger partial charge >= 0.3 is 5.97 Å². The summed E-state index contributed by atoms with van der Waals surface area (Å²) < 4.78 is 32.9. The minimum atomic E-state index is -3.55. The van der Waals surface area contributed by atoms with Crippen molar-refractivity contribution in [3.63, 3.8) is 0 Å². The molecule has 2 rings (SSSR count). The monoisotopic (exact) mass is 392 g/mol.